The molecule has 0 saturated heterocycles. The van der Waals surface area contributed by atoms with Crippen LogP contribution in [0.2, 0.25) is 0 Å². The zero-order valence-electron chi connectivity index (χ0n) is 23.2. The number of phenolic OH excluding ortho intramolecular Hbond substituents is 1. The summed E-state index contributed by atoms with van der Waals surface area (Å²) in [4.78, 5) is 42.1. The number of carbonyl (C=O) groups is 3. The van der Waals surface area contributed by atoms with Crippen LogP contribution in [-0.2, 0) is 14.3 Å². The Labute approximate surface area is 216 Å². The number of nitrogens with zero attached hydrogens (tertiary/aromatic N) is 1. The lowest BCUT2D eigenvalue weighted by atomic mass is 9.94. The summed E-state index contributed by atoms with van der Waals surface area (Å²) in [6.07, 6.45) is 2.44. The lowest BCUT2D eigenvalue weighted by Gasteiger charge is -2.36. The average Bonchev–Trinajstić information content (AvgIpc) is 3.51. The first-order valence-electron chi connectivity index (χ1n) is 13.2. The molecule has 8 nitrogen and oxygen atoms in total. The fourth-order valence-corrected chi connectivity index (χ4v) is 4.26. The smallest absolute Gasteiger partial charge is 0.408 e. The zero-order valence-corrected chi connectivity index (χ0v) is 23.2. The molecule has 0 radical (unpaired) electrons. The Bertz CT molecular complexity index is 926. The maximum Gasteiger partial charge on any atom is 0.408 e. The van der Waals surface area contributed by atoms with Crippen LogP contribution in [0.15, 0.2) is 18.2 Å². The van der Waals surface area contributed by atoms with E-state index in [0.717, 1.165) is 19.3 Å². The number of para-hydroxylation sites is 1. The standard InChI is InChI=1S/C28H45N3O5/c1-9-11-15-29-25(33)23(20-14-12-13-18(4)24(20)32)31(21-16-19(21)5)26(34)22(17(3)10-2)30-27(35)36-28(6,7)8/h12-14,17,19,21-23,32H,9-11,15-16H2,1-8H3,(H,29,33)(H,30,35). The first-order chi connectivity index (χ1) is 16.8. The van der Waals surface area contributed by atoms with Crippen molar-refractivity contribution in [1.82, 2.24) is 15.5 Å². The molecule has 36 heavy (non-hydrogen) atoms. The minimum Gasteiger partial charge on any atom is -0.507 e. The van der Waals surface area contributed by atoms with Crippen molar-refractivity contribution >= 4 is 17.9 Å². The van der Waals surface area contributed by atoms with Gasteiger partial charge in [0.05, 0.1) is 0 Å². The van der Waals surface area contributed by atoms with Gasteiger partial charge in [0.25, 0.3) is 0 Å². The van der Waals surface area contributed by atoms with Gasteiger partial charge in [-0.2, -0.15) is 0 Å². The van der Waals surface area contributed by atoms with Crippen LogP contribution in [0, 0.1) is 18.8 Å². The Morgan fingerprint density at radius 2 is 1.86 bits per heavy atom. The average molecular weight is 504 g/mol. The zero-order chi connectivity index (χ0) is 27.2. The molecular weight excluding hydrogens is 458 g/mol. The van der Waals surface area contributed by atoms with Gasteiger partial charge in [0.15, 0.2) is 0 Å². The molecule has 202 valence electrons. The maximum absolute atomic E-state index is 14.2. The summed E-state index contributed by atoms with van der Waals surface area (Å²) >= 11 is 0. The van der Waals surface area contributed by atoms with Crippen molar-refractivity contribution in [3.05, 3.63) is 29.3 Å². The van der Waals surface area contributed by atoms with Gasteiger partial charge in [-0.1, -0.05) is 58.7 Å². The Morgan fingerprint density at radius 1 is 1.22 bits per heavy atom. The van der Waals surface area contributed by atoms with Gasteiger partial charge in [0.1, 0.15) is 23.4 Å². The molecule has 2 rings (SSSR count). The van der Waals surface area contributed by atoms with E-state index in [1.165, 1.54) is 0 Å². The number of aromatic hydroxyl groups is 1. The summed E-state index contributed by atoms with van der Waals surface area (Å²) in [6.45, 7) is 15.5. The molecule has 1 aromatic rings. The Kier molecular flexibility index (Phi) is 10.2. The van der Waals surface area contributed by atoms with Crippen molar-refractivity contribution in [2.75, 3.05) is 6.54 Å². The number of rotatable bonds is 11. The number of aryl methyl sites for hydroxylation is 1. The first-order valence-corrected chi connectivity index (χ1v) is 13.2. The third kappa shape index (κ3) is 7.61. The number of unbranched alkanes of at least 4 members (excludes halogenated alkanes) is 1. The second-order valence-corrected chi connectivity index (χ2v) is 11.1. The number of alkyl carbamates (subject to hydrolysis) is 1. The van der Waals surface area contributed by atoms with Crippen LogP contribution in [0.3, 0.4) is 0 Å². The van der Waals surface area contributed by atoms with Crippen molar-refractivity contribution in [3.63, 3.8) is 0 Å². The van der Waals surface area contributed by atoms with E-state index < -0.39 is 23.8 Å². The highest BCUT2D eigenvalue weighted by molar-refractivity contribution is 5.93. The number of benzene rings is 1. The molecule has 0 aromatic heterocycles. The second kappa shape index (κ2) is 12.5. The molecule has 0 aliphatic heterocycles. The van der Waals surface area contributed by atoms with Gasteiger partial charge in [-0.25, -0.2) is 4.79 Å². The van der Waals surface area contributed by atoms with Gasteiger partial charge in [-0.15, -0.1) is 0 Å². The lowest BCUT2D eigenvalue weighted by molar-refractivity contribution is -0.144. The van der Waals surface area contributed by atoms with Crippen molar-refractivity contribution in [3.8, 4) is 5.75 Å². The van der Waals surface area contributed by atoms with E-state index in [2.05, 4.69) is 10.6 Å². The predicted molar refractivity (Wildman–Crippen MR) is 141 cm³/mol. The summed E-state index contributed by atoms with van der Waals surface area (Å²) in [5, 5.41) is 16.7. The van der Waals surface area contributed by atoms with E-state index in [9.17, 15) is 19.5 Å². The van der Waals surface area contributed by atoms with Crippen molar-refractivity contribution < 1.29 is 24.2 Å². The molecule has 1 aromatic carbocycles. The monoisotopic (exact) mass is 503 g/mol. The second-order valence-electron chi connectivity index (χ2n) is 11.1. The Balaban J connectivity index is 2.53. The third-order valence-corrected chi connectivity index (χ3v) is 6.75. The summed E-state index contributed by atoms with van der Waals surface area (Å²) < 4.78 is 5.44. The number of hydrogen-bond acceptors (Lipinski definition) is 5. The normalized spacial score (nSPS) is 19.6. The lowest BCUT2D eigenvalue weighted by Crippen LogP contribution is -2.56. The number of carbonyl (C=O) groups excluding carboxylic acids is 3. The highest BCUT2D eigenvalue weighted by atomic mass is 16.6. The molecule has 3 N–H and O–H groups in total. The van der Waals surface area contributed by atoms with Crippen LogP contribution in [0.1, 0.15) is 91.3 Å². The minimum absolute atomic E-state index is 0.000522. The number of phenols is 1. The molecule has 1 saturated carbocycles. The summed E-state index contributed by atoms with van der Waals surface area (Å²) in [5.74, 6) is -0.681. The molecule has 5 unspecified atom stereocenters. The van der Waals surface area contributed by atoms with E-state index in [0.29, 0.717) is 24.1 Å². The van der Waals surface area contributed by atoms with Crippen LogP contribution in [0.5, 0.6) is 5.75 Å². The summed E-state index contributed by atoms with van der Waals surface area (Å²) in [7, 11) is 0. The molecule has 0 spiro atoms. The van der Waals surface area contributed by atoms with Crippen LogP contribution in [0.25, 0.3) is 0 Å². The fraction of sp³-hybridized carbons (Fsp3) is 0.679. The van der Waals surface area contributed by atoms with Gasteiger partial charge in [0, 0.05) is 18.2 Å². The number of nitrogens with one attached hydrogen (secondary N) is 2. The highest BCUT2D eigenvalue weighted by Gasteiger charge is 2.49. The van der Waals surface area contributed by atoms with Crippen LogP contribution in [-0.4, -0.2) is 52.1 Å². The van der Waals surface area contributed by atoms with Crippen LogP contribution < -0.4 is 10.6 Å². The van der Waals surface area contributed by atoms with Gasteiger partial charge in [0.2, 0.25) is 11.8 Å². The minimum atomic E-state index is -1.02. The van der Waals surface area contributed by atoms with E-state index in [1.54, 1.807) is 50.8 Å². The largest absolute Gasteiger partial charge is 0.507 e. The van der Waals surface area contributed by atoms with E-state index in [4.69, 9.17) is 4.74 Å². The van der Waals surface area contributed by atoms with Gasteiger partial charge < -0.3 is 25.4 Å². The van der Waals surface area contributed by atoms with E-state index in [-0.39, 0.29) is 35.4 Å². The molecular formula is C28H45N3O5. The fourth-order valence-electron chi connectivity index (χ4n) is 4.26. The third-order valence-electron chi connectivity index (χ3n) is 6.75. The molecule has 8 heteroatoms. The topological polar surface area (TPSA) is 108 Å². The van der Waals surface area contributed by atoms with Crippen molar-refractivity contribution in [2.45, 2.75) is 105 Å². The van der Waals surface area contributed by atoms with Crippen molar-refractivity contribution in [2.24, 2.45) is 11.8 Å². The van der Waals surface area contributed by atoms with Crippen LogP contribution >= 0.6 is 0 Å². The summed E-state index contributed by atoms with van der Waals surface area (Å²) in [6, 6.07) is 3.17. The molecule has 1 aliphatic rings. The predicted octanol–water partition coefficient (Wildman–Crippen LogP) is 4.83. The Morgan fingerprint density at radius 3 is 2.39 bits per heavy atom. The number of amides is 3. The molecule has 5 atom stereocenters. The molecule has 0 heterocycles. The number of ether oxygens (including phenoxy) is 1. The molecule has 0 bridgehead atoms. The van der Waals surface area contributed by atoms with Gasteiger partial charge in [-0.05, 0) is 57.9 Å². The summed E-state index contributed by atoms with van der Waals surface area (Å²) in [5.41, 5.74) is 0.296. The molecule has 1 fully saturated rings. The first kappa shape index (κ1) is 29.5. The quantitative estimate of drug-likeness (QED) is 0.375. The maximum atomic E-state index is 14.2. The number of hydrogen-bond donors (Lipinski definition) is 3. The Hall–Kier alpha value is -2.77. The molecule has 3 amide bonds. The van der Waals surface area contributed by atoms with E-state index >= 15 is 0 Å². The van der Waals surface area contributed by atoms with Gasteiger partial charge >= 0.3 is 6.09 Å². The SMILES string of the molecule is CCCCNC(=O)C(c1cccc(C)c1O)N(C(=O)C(NC(=O)OC(C)(C)C)C(C)CC)C1CC1C. The highest BCUT2D eigenvalue weighted by Crippen LogP contribution is 2.43. The van der Waals surface area contributed by atoms with Crippen LogP contribution in [0.4, 0.5) is 4.79 Å². The van der Waals surface area contributed by atoms with Crippen molar-refractivity contribution in [1.29, 1.82) is 0 Å². The van der Waals surface area contributed by atoms with Gasteiger partial charge in [-0.3, -0.25) is 9.59 Å². The molecule has 1 aliphatic carbocycles. The van der Waals surface area contributed by atoms with E-state index in [1.807, 2.05) is 27.7 Å².